The third kappa shape index (κ3) is 4.20. The van der Waals surface area contributed by atoms with E-state index in [0.29, 0.717) is 6.79 Å². The van der Waals surface area contributed by atoms with E-state index in [0.717, 1.165) is 62.2 Å². The van der Waals surface area contributed by atoms with E-state index in [1.807, 2.05) is 26.2 Å². The monoisotopic (exact) mass is 331 g/mol. The minimum Gasteiger partial charge on any atom is -0.454 e. The Morgan fingerprint density at radius 3 is 2.96 bits per heavy atom. The van der Waals surface area contributed by atoms with Gasteiger partial charge in [0.15, 0.2) is 17.5 Å². The van der Waals surface area contributed by atoms with Crippen LogP contribution in [-0.2, 0) is 11.3 Å². The summed E-state index contributed by atoms with van der Waals surface area (Å²) in [7, 11) is 3.85. The highest BCUT2D eigenvalue weighted by molar-refractivity contribution is 5.79. The molecule has 3 rings (SSSR count). The molecular formula is C18H25N3O3. The van der Waals surface area contributed by atoms with E-state index in [1.54, 1.807) is 0 Å². The molecule has 1 N–H and O–H groups in total. The molecule has 2 aliphatic rings. The van der Waals surface area contributed by atoms with Crippen LogP contribution in [0.1, 0.15) is 18.4 Å². The third-order valence-electron chi connectivity index (χ3n) is 4.22. The van der Waals surface area contributed by atoms with Crippen LogP contribution in [0.4, 0.5) is 0 Å². The zero-order chi connectivity index (χ0) is 16.8. The lowest BCUT2D eigenvalue weighted by Crippen LogP contribution is -2.39. The Hall–Kier alpha value is -2.21. The standard InChI is InChI=1S/C18H25N3O3/c1-19-18(20-8-5-14-6-9-22-10-7-14)21(2)12-15-3-4-16-17(11-15)24-13-23-16/h3-4,6,11H,5,7-10,12-13H2,1-2H3,(H,19,20). The van der Waals surface area contributed by atoms with Crippen LogP contribution in [0.25, 0.3) is 0 Å². The molecule has 0 atom stereocenters. The Morgan fingerprint density at radius 1 is 1.29 bits per heavy atom. The summed E-state index contributed by atoms with van der Waals surface area (Å²) in [6, 6.07) is 6.04. The number of nitrogens with one attached hydrogen (secondary N) is 1. The van der Waals surface area contributed by atoms with Gasteiger partial charge in [0, 0.05) is 27.2 Å². The summed E-state index contributed by atoms with van der Waals surface area (Å²) in [4.78, 5) is 6.48. The zero-order valence-electron chi connectivity index (χ0n) is 14.4. The zero-order valence-corrected chi connectivity index (χ0v) is 14.4. The van der Waals surface area contributed by atoms with Crippen molar-refractivity contribution in [2.24, 2.45) is 4.99 Å². The number of rotatable bonds is 5. The van der Waals surface area contributed by atoms with Gasteiger partial charge >= 0.3 is 0 Å². The van der Waals surface area contributed by atoms with Crippen LogP contribution in [0, 0.1) is 0 Å². The molecule has 0 fully saturated rings. The Bertz CT molecular complexity index is 628. The Balaban J connectivity index is 1.50. The highest BCUT2D eigenvalue weighted by Crippen LogP contribution is 2.32. The predicted molar refractivity (Wildman–Crippen MR) is 93.5 cm³/mol. The van der Waals surface area contributed by atoms with Crippen molar-refractivity contribution in [3.8, 4) is 11.5 Å². The number of nitrogens with zero attached hydrogens (tertiary/aromatic N) is 2. The second kappa shape index (κ2) is 8.06. The van der Waals surface area contributed by atoms with E-state index >= 15 is 0 Å². The highest BCUT2D eigenvalue weighted by Gasteiger charge is 2.14. The quantitative estimate of drug-likeness (QED) is 0.509. The number of fused-ring (bicyclic) bond motifs is 1. The van der Waals surface area contributed by atoms with Crippen molar-refractivity contribution < 1.29 is 14.2 Å². The molecule has 130 valence electrons. The molecular weight excluding hydrogens is 306 g/mol. The van der Waals surface area contributed by atoms with Crippen LogP contribution in [0.15, 0.2) is 34.8 Å². The van der Waals surface area contributed by atoms with E-state index in [4.69, 9.17) is 14.2 Å². The number of hydrogen-bond acceptors (Lipinski definition) is 4. The second-order valence-electron chi connectivity index (χ2n) is 5.95. The molecule has 2 aliphatic heterocycles. The molecule has 0 unspecified atom stereocenters. The van der Waals surface area contributed by atoms with E-state index in [9.17, 15) is 0 Å². The summed E-state index contributed by atoms with van der Waals surface area (Å²) in [5.74, 6) is 2.52. The maximum Gasteiger partial charge on any atom is 0.231 e. The average Bonchev–Trinajstić information content (AvgIpc) is 3.07. The summed E-state index contributed by atoms with van der Waals surface area (Å²) in [6.45, 7) is 3.52. The number of benzene rings is 1. The normalized spacial score (nSPS) is 16.8. The van der Waals surface area contributed by atoms with Gasteiger partial charge in [-0.1, -0.05) is 17.7 Å². The van der Waals surface area contributed by atoms with Crippen LogP contribution in [0.3, 0.4) is 0 Å². The second-order valence-corrected chi connectivity index (χ2v) is 5.95. The molecule has 1 aromatic rings. The molecule has 0 aliphatic carbocycles. The number of ether oxygens (including phenoxy) is 3. The van der Waals surface area contributed by atoms with Crippen LogP contribution in [0.2, 0.25) is 0 Å². The van der Waals surface area contributed by atoms with E-state index in [2.05, 4.69) is 27.4 Å². The van der Waals surface area contributed by atoms with Crippen molar-refractivity contribution in [1.29, 1.82) is 0 Å². The molecule has 6 heteroatoms. The van der Waals surface area contributed by atoms with Crippen molar-refractivity contribution in [2.75, 3.05) is 40.6 Å². The fraction of sp³-hybridized carbons (Fsp3) is 0.500. The minimum absolute atomic E-state index is 0.304. The molecule has 24 heavy (non-hydrogen) atoms. The van der Waals surface area contributed by atoms with Gasteiger partial charge in [-0.25, -0.2) is 0 Å². The first kappa shape index (κ1) is 16.6. The van der Waals surface area contributed by atoms with E-state index in [1.165, 1.54) is 5.57 Å². The Labute approximate surface area is 143 Å². The van der Waals surface area contributed by atoms with Gasteiger partial charge in [-0.2, -0.15) is 0 Å². The van der Waals surface area contributed by atoms with Gasteiger partial charge in [0.2, 0.25) is 6.79 Å². The molecule has 0 saturated heterocycles. The van der Waals surface area contributed by atoms with Gasteiger partial charge in [-0.15, -0.1) is 0 Å². The summed E-state index contributed by atoms with van der Waals surface area (Å²) >= 11 is 0. The topological polar surface area (TPSA) is 55.3 Å². The first-order valence-corrected chi connectivity index (χ1v) is 8.32. The number of hydrogen-bond donors (Lipinski definition) is 1. The smallest absolute Gasteiger partial charge is 0.231 e. The van der Waals surface area contributed by atoms with Gasteiger partial charge in [0.25, 0.3) is 0 Å². The average molecular weight is 331 g/mol. The van der Waals surface area contributed by atoms with Crippen molar-refractivity contribution in [1.82, 2.24) is 10.2 Å². The molecule has 0 saturated carbocycles. The van der Waals surface area contributed by atoms with Gasteiger partial charge < -0.3 is 24.4 Å². The molecule has 2 heterocycles. The van der Waals surface area contributed by atoms with Crippen molar-refractivity contribution in [3.63, 3.8) is 0 Å². The van der Waals surface area contributed by atoms with E-state index in [-0.39, 0.29) is 0 Å². The summed E-state index contributed by atoms with van der Waals surface area (Å²) in [5.41, 5.74) is 2.62. The molecule has 0 amide bonds. The molecule has 1 aromatic carbocycles. The largest absolute Gasteiger partial charge is 0.454 e. The molecule has 0 aromatic heterocycles. The van der Waals surface area contributed by atoms with Gasteiger partial charge in [-0.3, -0.25) is 4.99 Å². The van der Waals surface area contributed by atoms with Crippen LogP contribution >= 0.6 is 0 Å². The van der Waals surface area contributed by atoms with Gasteiger partial charge in [0.05, 0.1) is 13.2 Å². The van der Waals surface area contributed by atoms with Crippen LogP contribution in [-0.4, -0.2) is 51.5 Å². The lowest BCUT2D eigenvalue weighted by atomic mass is 10.1. The molecule has 6 nitrogen and oxygen atoms in total. The fourth-order valence-corrected chi connectivity index (χ4v) is 2.90. The molecule has 0 spiro atoms. The summed E-state index contributed by atoms with van der Waals surface area (Å²) < 4.78 is 16.1. The Morgan fingerprint density at radius 2 is 2.17 bits per heavy atom. The summed E-state index contributed by atoms with van der Waals surface area (Å²) in [5, 5.41) is 3.43. The highest BCUT2D eigenvalue weighted by atomic mass is 16.7. The summed E-state index contributed by atoms with van der Waals surface area (Å²) in [6.07, 6.45) is 4.25. The first-order chi connectivity index (χ1) is 11.8. The van der Waals surface area contributed by atoms with Crippen LogP contribution < -0.4 is 14.8 Å². The maximum atomic E-state index is 5.44. The van der Waals surface area contributed by atoms with Gasteiger partial charge in [0.1, 0.15) is 0 Å². The van der Waals surface area contributed by atoms with Gasteiger partial charge in [-0.05, 0) is 30.5 Å². The van der Waals surface area contributed by atoms with E-state index < -0.39 is 0 Å². The number of aliphatic imine (C=N–C) groups is 1. The van der Waals surface area contributed by atoms with Crippen molar-refractivity contribution in [3.05, 3.63) is 35.4 Å². The maximum absolute atomic E-state index is 5.44. The SMILES string of the molecule is CN=C(NCCC1=CCOCC1)N(C)Cc1ccc2c(c1)OCO2. The number of guanidine groups is 1. The fourth-order valence-electron chi connectivity index (χ4n) is 2.90. The lowest BCUT2D eigenvalue weighted by Gasteiger charge is -2.23. The van der Waals surface area contributed by atoms with Crippen molar-refractivity contribution in [2.45, 2.75) is 19.4 Å². The van der Waals surface area contributed by atoms with Crippen molar-refractivity contribution >= 4 is 5.96 Å². The molecule has 0 bridgehead atoms. The third-order valence-corrected chi connectivity index (χ3v) is 4.22. The van der Waals surface area contributed by atoms with Crippen LogP contribution in [0.5, 0.6) is 11.5 Å². The minimum atomic E-state index is 0.304. The molecule has 0 radical (unpaired) electrons. The predicted octanol–water partition coefficient (Wildman–Crippen LogP) is 2.16. The lowest BCUT2D eigenvalue weighted by molar-refractivity contribution is 0.153. The Kier molecular flexibility index (Phi) is 5.59. The first-order valence-electron chi connectivity index (χ1n) is 8.32.